The van der Waals surface area contributed by atoms with Crippen LogP contribution < -0.4 is 0 Å². The minimum atomic E-state index is -0.877. The molecule has 0 aromatic heterocycles. The molecule has 1 aliphatic heterocycles. The molecule has 4 nitrogen and oxygen atoms in total. The van der Waals surface area contributed by atoms with Crippen LogP contribution in [0.5, 0.6) is 0 Å². The zero-order valence-corrected chi connectivity index (χ0v) is 11.3. The van der Waals surface area contributed by atoms with Crippen molar-refractivity contribution in [3.8, 4) is 0 Å². The molecule has 0 saturated carbocycles. The fraction of sp³-hybridized carbons (Fsp3) is 0.533. The van der Waals surface area contributed by atoms with Crippen LogP contribution in [0.2, 0.25) is 0 Å². The summed E-state index contributed by atoms with van der Waals surface area (Å²) in [5.41, 5.74) is 0.693. The lowest BCUT2D eigenvalue weighted by Gasteiger charge is -2.37. The van der Waals surface area contributed by atoms with E-state index in [0.717, 1.165) is 37.9 Å². The molecule has 0 radical (unpaired) electrons. The highest BCUT2D eigenvalue weighted by Gasteiger charge is 2.30. The Morgan fingerprint density at radius 2 is 1.95 bits per heavy atom. The van der Waals surface area contributed by atoms with E-state index in [1.807, 2.05) is 19.1 Å². The van der Waals surface area contributed by atoms with Crippen LogP contribution in [0.3, 0.4) is 0 Å². The number of carboxylic acid groups (broad SMARTS) is 1. The third-order valence-corrected chi connectivity index (χ3v) is 4.09. The van der Waals surface area contributed by atoms with E-state index >= 15 is 0 Å². The predicted octanol–water partition coefficient (Wildman–Crippen LogP) is 2.12. The fourth-order valence-corrected chi connectivity index (χ4v) is 2.59. The number of piperidine rings is 1. The minimum Gasteiger partial charge on any atom is -0.478 e. The number of nitrogens with zero attached hydrogens (tertiary/aromatic N) is 1. The summed E-state index contributed by atoms with van der Waals surface area (Å²) in [6.45, 7) is 4.29. The Hall–Kier alpha value is -1.39. The van der Waals surface area contributed by atoms with Gasteiger partial charge in [0.2, 0.25) is 0 Å². The van der Waals surface area contributed by atoms with E-state index in [4.69, 9.17) is 5.11 Å². The van der Waals surface area contributed by atoms with Crippen LogP contribution in [0.1, 0.15) is 42.1 Å². The molecule has 1 aromatic rings. The Kier molecular flexibility index (Phi) is 4.22. The zero-order valence-electron chi connectivity index (χ0n) is 11.3. The van der Waals surface area contributed by atoms with Crippen molar-refractivity contribution in [1.82, 2.24) is 4.90 Å². The molecular weight excluding hydrogens is 242 g/mol. The molecule has 2 rings (SSSR count). The van der Waals surface area contributed by atoms with E-state index < -0.39 is 11.6 Å². The molecule has 0 atom stereocenters. The van der Waals surface area contributed by atoms with Gasteiger partial charge in [0.1, 0.15) is 0 Å². The largest absolute Gasteiger partial charge is 0.478 e. The van der Waals surface area contributed by atoms with Gasteiger partial charge in [-0.1, -0.05) is 25.1 Å². The molecule has 0 aliphatic carbocycles. The molecule has 1 fully saturated rings. The Balaban J connectivity index is 2.02. The van der Waals surface area contributed by atoms with Gasteiger partial charge < -0.3 is 10.2 Å². The Bertz CT molecular complexity index is 450. The Morgan fingerprint density at radius 3 is 2.53 bits per heavy atom. The predicted molar refractivity (Wildman–Crippen MR) is 73.2 cm³/mol. The number of aromatic carboxylic acids is 1. The summed E-state index contributed by atoms with van der Waals surface area (Å²) in [6, 6.07) is 7.13. The molecule has 1 saturated heterocycles. The third kappa shape index (κ3) is 3.33. The van der Waals surface area contributed by atoms with Crippen LogP contribution in [0.25, 0.3) is 0 Å². The van der Waals surface area contributed by atoms with Crippen molar-refractivity contribution in [2.24, 2.45) is 0 Å². The number of hydrogen-bond acceptors (Lipinski definition) is 3. The Labute approximate surface area is 113 Å². The molecule has 0 bridgehead atoms. The van der Waals surface area contributed by atoms with Crippen molar-refractivity contribution in [3.05, 3.63) is 35.4 Å². The highest BCUT2D eigenvalue weighted by molar-refractivity contribution is 5.89. The summed E-state index contributed by atoms with van der Waals surface area (Å²) in [4.78, 5) is 13.4. The van der Waals surface area contributed by atoms with Crippen LogP contribution >= 0.6 is 0 Å². The van der Waals surface area contributed by atoms with Gasteiger partial charge in [0, 0.05) is 19.6 Å². The van der Waals surface area contributed by atoms with E-state index in [-0.39, 0.29) is 0 Å². The molecule has 1 heterocycles. The van der Waals surface area contributed by atoms with Crippen molar-refractivity contribution in [2.45, 2.75) is 38.3 Å². The van der Waals surface area contributed by atoms with Gasteiger partial charge in [-0.05, 0) is 30.9 Å². The first-order chi connectivity index (χ1) is 9.04. The van der Waals surface area contributed by atoms with Gasteiger partial charge in [-0.3, -0.25) is 4.90 Å². The van der Waals surface area contributed by atoms with Gasteiger partial charge in [0.25, 0.3) is 0 Å². The number of likely N-dealkylation sites (tertiary alicyclic amines) is 1. The van der Waals surface area contributed by atoms with Crippen LogP contribution in [0, 0.1) is 0 Å². The summed E-state index contributed by atoms with van der Waals surface area (Å²) < 4.78 is 0. The molecular formula is C15H21NO3. The van der Waals surface area contributed by atoms with E-state index in [1.54, 1.807) is 12.1 Å². The van der Waals surface area contributed by atoms with Gasteiger partial charge in [0.15, 0.2) is 0 Å². The minimum absolute atomic E-state index is 0.374. The third-order valence-electron chi connectivity index (χ3n) is 4.09. The van der Waals surface area contributed by atoms with Crippen LogP contribution in [0.4, 0.5) is 0 Å². The number of aliphatic hydroxyl groups is 1. The normalized spacial score (nSPS) is 19.3. The maximum Gasteiger partial charge on any atom is 0.336 e. The summed E-state index contributed by atoms with van der Waals surface area (Å²) in [6.07, 6.45) is 2.31. The first-order valence-corrected chi connectivity index (χ1v) is 6.80. The van der Waals surface area contributed by atoms with Gasteiger partial charge in [0.05, 0.1) is 11.2 Å². The standard InChI is InChI=1S/C15H21NO3/c1-2-15(19)7-9-16(10-8-15)11-12-5-3-4-6-13(12)14(17)18/h3-6,19H,2,7-11H2,1H3,(H,17,18). The summed E-state index contributed by atoms with van der Waals surface area (Å²) >= 11 is 0. The number of benzene rings is 1. The van der Waals surface area contributed by atoms with E-state index in [2.05, 4.69) is 4.90 Å². The van der Waals surface area contributed by atoms with Gasteiger partial charge in [-0.25, -0.2) is 4.79 Å². The topological polar surface area (TPSA) is 60.8 Å². The molecule has 1 aromatic carbocycles. The van der Waals surface area contributed by atoms with Crippen molar-refractivity contribution in [2.75, 3.05) is 13.1 Å². The molecule has 0 amide bonds. The molecule has 19 heavy (non-hydrogen) atoms. The molecule has 4 heteroatoms. The lowest BCUT2D eigenvalue weighted by molar-refractivity contribution is -0.0257. The van der Waals surface area contributed by atoms with Crippen molar-refractivity contribution < 1.29 is 15.0 Å². The highest BCUT2D eigenvalue weighted by atomic mass is 16.4. The lowest BCUT2D eigenvalue weighted by atomic mass is 9.89. The highest BCUT2D eigenvalue weighted by Crippen LogP contribution is 2.26. The summed E-state index contributed by atoms with van der Waals surface area (Å²) in [5.74, 6) is -0.877. The lowest BCUT2D eigenvalue weighted by Crippen LogP contribution is -2.43. The number of carboxylic acids is 1. The second-order valence-electron chi connectivity index (χ2n) is 5.32. The average molecular weight is 263 g/mol. The maximum atomic E-state index is 11.2. The van der Waals surface area contributed by atoms with Crippen molar-refractivity contribution in [3.63, 3.8) is 0 Å². The molecule has 0 spiro atoms. The molecule has 0 unspecified atom stereocenters. The zero-order chi connectivity index (χ0) is 13.9. The SMILES string of the molecule is CCC1(O)CCN(Cc2ccccc2C(=O)O)CC1. The first kappa shape index (κ1) is 14.0. The van der Waals surface area contributed by atoms with Crippen molar-refractivity contribution >= 4 is 5.97 Å². The van der Waals surface area contributed by atoms with Crippen LogP contribution in [-0.2, 0) is 6.54 Å². The molecule has 1 aliphatic rings. The van der Waals surface area contributed by atoms with E-state index in [1.165, 1.54) is 0 Å². The van der Waals surface area contributed by atoms with Crippen LogP contribution in [-0.4, -0.2) is 39.8 Å². The van der Waals surface area contributed by atoms with E-state index in [0.29, 0.717) is 12.1 Å². The molecule has 104 valence electrons. The number of rotatable bonds is 4. The second kappa shape index (κ2) is 5.72. The second-order valence-corrected chi connectivity index (χ2v) is 5.32. The van der Waals surface area contributed by atoms with Gasteiger partial charge in [-0.15, -0.1) is 0 Å². The first-order valence-electron chi connectivity index (χ1n) is 6.80. The van der Waals surface area contributed by atoms with E-state index in [9.17, 15) is 9.90 Å². The van der Waals surface area contributed by atoms with Crippen molar-refractivity contribution in [1.29, 1.82) is 0 Å². The summed E-state index contributed by atoms with van der Waals surface area (Å²) in [7, 11) is 0. The van der Waals surface area contributed by atoms with Gasteiger partial charge >= 0.3 is 5.97 Å². The average Bonchev–Trinajstić information content (AvgIpc) is 2.42. The molecule has 2 N–H and O–H groups in total. The Morgan fingerprint density at radius 1 is 1.32 bits per heavy atom. The smallest absolute Gasteiger partial charge is 0.336 e. The monoisotopic (exact) mass is 263 g/mol. The van der Waals surface area contributed by atoms with Gasteiger partial charge in [-0.2, -0.15) is 0 Å². The number of carbonyl (C=O) groups is 1. The van der Waals surface area contributed by atoms with Crippen LogP contribution in [0.15, 0.2) is 24.3 Å². The quantitative estimate of drug-likeness (QED) is 0.873. The number of hydrogen-bond donors (Lipinski definition) is 2. The fourth-order valence-electron chi connectivity index (χ4n) is 2.59. The summed E-state index contributed by atoms with van der Waals surface area (Å²) in [5, 5.41) is 19.3. The maximum absolute atomic E-state index is 11.2.